The Bertz CT molecular complexity index is 1180. The van der Waals surface area contributed by atoms with Gasteiger partial charge in [0.2, 0.25) is 0 Å². The Morgan fingerprint density at radius 1 is 0.957 bits per heavy atom. The van der Waals surface area contributed by atoms with Gasteiger partial charge in [0.1, 0.15) is 0 Å². The summed E-state index contributed by atoms with van der Waals surface area (Å²) in [6.07, 6.45) is 11.3. The SMILES string of the molecule is CCCCCC[C@@H]1CCc2cc([C@H]3CC[C@@](COP(=O)(OCC[Si](C)(C)C)OCC[Si](C)(C)C)(N(C(=O)O)C(C)(C)C)C3)ccc2C1. The fraction of sp³-hybridized carbons (Fsp3) is 0.811. The van der Waals surface area contributed by atoms with Crippen molar-refractivity contribution in [3.05, 3.63) is 34.9 Å². The molecule has 7 nitrogen and oxygen atoms in total. The molecule has 1 saturated carbocycles. The summed E-state index contributed by atoms with van der Waals surface area (Å²) < 4.78 is 32.3. The highest BCUT2D eigenvalue weighted by Gasteiger charge is 2.52. The van der Waals surface area contributed by atoms with Gasteiger partial charge in [-0.3, -0.25) is 18.5 Å². The number of benzene rings is 1. The van der Waals surface area contributed by atoms with Crippen LogP contribution in [0.1, 0.15) is 108 Å². The maximum Gasteiger partial charge on any atom is 0.474 e. The quantitative estimate of drug-likeness (QED) is 0.0928. The Hall–Kier alpha value is -0.966. The first-order valence-electron chi connectivity index (χ1n) is 18.4. The van der Waals surface area contributed by atoms with E-state index < -0.39 is 41.1 Å². The zero-order valence-electron chi connectivity index (χ0n) is 31.6. The second-order valence-corrected chi connectivity index (χ2v) is 30.9. The van der Waals surface area contributed by atoms with Gasteiger partial charge in [-0.05, 0) is 99.9 Å². The highest BCUT2D eigenvalue weighted by Crippen LogP contribution is 2.54. The van der Waals surface area contributed by atoms with Crippen molar-refractivity contribution >= 4 is 30.1 Å². The van der Waals surface area contributed by atoms with Gasteiger partial charge >= 0.3 is 13.9 Å². The van der Waals surface area contributed by atoms with E-state index in [9.17, 15) is 14.5 Å². The van der Waals surface area contributed by atoms with Crippen LogP contribution >= 0.6 is 7.82 Å². The van der Waals surface area contributed by atoms with Crippen molar-refractivity contribution in [2.75, 3.05) is 19.8 Å². The molecular weight excluding hydrogens is 642 g/mol. The van der Waals surface area contributed by atoms with Crippen LogP contribution in [0.2, 0.25) is 51.4 Å². The van der Waals surface area contributed by atoms with Crippen LogP contribution in [0.4, 0.5) is 4.79 Å². The molecule has 0 aromatic heterocycles. The standard InChI is InChI=1S/C37H68NO6PSi2/c1-11-12-13-14-15-30-16-17-32-27-33(19-18-31(32)26-30)34-20-21-37(28-34,38(35(39)40)36(2,3)4)29-44-45(41,42-22-24-46(5,6)7)43-23-25-47(8,9)10/h18-19,27,30,34H,11-17,20-26,28-29H2,1-10H3,(H,39,40)/t30-,34+,37-/m1/s1. The van der Waals surface area contributed by atoms with Crippen LogP contribution in [0, 0.1) is 5.92 Å². The normalized spacial score (nSPS) is 22.3. The van der Waals surface area contributed by atoms with Crippen molar-refractivity contribution in [1.82, 2.24) is 4.90 Å². The molecular formula is C37H68NO6PSi2. The lowest BCUT2D eigenvalue weighted by Gasteiger charge is -2.47. The first-order chi connectivity index (χ1) is 21.8. The lowest BCUT2D eigenvalue weighted by Crippen LogP contribution is -2.60. The Balaban J connectivity index is 1.82. The monoisotopic (exact) mass is 709 g/mol. The predicted molar refractivity (Wildman–Crippen MR) is 201 cm³/mol. The zero-order valence-corrected chi connectivity index (χ0v) is 34.5. The van der Waals surface area contributed by atoms with Gasteiger partial charge in [-0.15, -0.1) is 0 Å². The summed E-state index contributed by atoms with van der Waals surface area (Å²) in [7, 11) is -6.80. The summed E-state index contributed by atoms with van der Waals surface area (Å²) in [6, 6.07) is 8.70. The van der Waals surface area contributed by atoms with Crippen molar-refractivity contribution in [2.45, 2.75) is 167 Å². The lowest BCUT2D eigenvalue weighted by atomic mass is 9.79. The fourth-order valence-electron chi connectivity index (χ4n) is 7.44. The van der Waals surface area contributed by atoms with Crippen molar-refractivity contribution in [1.29, 1.82) is 0 Å². The Labute approximate surface area is 289 Å². The van der Waals surface area contributed by atoms with Gasteiger partial charge in [0.15, 0.2) is 0 Å². The van der Waals surface area contributed by atoms with E-state index in [1.165, 1.54) is 61.6 Å². The third-order valence-electron chi connectivity index (χ3n) is 10.1. The minimum Gasteiger partial charge on any atom is -0.465 e. The summed E-state index contributed by atoms with van der Waals surface area (Å²) >= 11 is 0. The van der Waals surface area contributed by atoms with Crippen molar-refractivity contribution in [2.24, 2.45) is 5.92 Å². The van der Waals surface area contributed by atoms with Gasteiger partial charge in [-0.25, -0.2) is 9.36 Å². The van der Waals surface area contributed by atoms with E-state index in [1.54, 1.807) is 4.90 Å². The number of aryl methyl sites for hydroxylation is 1. The van der Waals surface area contributed by atoms with E-state index in [0.29, 0.717) is 26.1 Å². The van der Waals surface area contributed by atoms with Gasteiger partial charge in [-0.1, -0.05) is 96.5 Å². The molecule has 1 aromatic rings. The molecule has 47 heavy (non-hydrogen) atoms. The summed E-state index contributed by atoms with van der Waals surface area (Å²) in [5.41, 5.74) is 2.71. The molecule has 0 bridgehead atoms. The molecule has 2 aliphatic carbocycles. The van der Waals surface area contributed by atoms with Gasteiger partial charge in [0, 0.05) is 21.7 Å². The second kappa shape index (κ2) is 16.8. The molecule has 10 heteroatoms. The molecule has 0 spiro atoms. The highest BCUT2D eigenvalue weighted by atomic mass is 31.2. The summed E-state index contributed by atoms with van der Waals surface area (Å²) in [5.74, 6) is 0.980. The molecule has 2 aliphatic rings. The van der Waals surface area contributed by atoms with Crippen molar-refractivity contribution in [3.63, 3.8) is 0 Å². The van der Waals surface area contributed by atoms with Crippen LogP contribution in [0.15, 0.2) is 18.2 Å². The third kappa shape index (κ3) is 12.7. The van der Waals surface area contributed by atoms with E-state index >= 15 is 0 Å². The van der Waals surface area contributed by atoms with Gasteiger partial charge < -0.3 is 5.11 Å². The number of rotatable bonds is 18. The molecule has 3 atom stereocenters. The third-order valence-corrected chi connectivity index (χ3v) is 15.0. The molecule has 1 aromatic carbocycles. The van der Waals surface area contributed by atoms with Crippen LogP contribution in [0.25, 0.3) is 0 Å². The lowest BCUT2D eigenvalue weighted by molar-refractivity contribution is -0.0181. The highest BCUT2D eigenvalue weighted by molar-refractivity contribution is 7.48. The van der Waals surface area contributed by atoms with E-state index in [0.717, 1.165) is 30.8 Å². The number of hydrogen-bond acceptors (Lipinski definition) is 5. The fourth-order valence-corrected chi connectivity index (χ4v) is 10.5. The number of phosphoric ester groups is 1. The van der Waals surface area contributed by atoms with Crippen molar-refractivity contribution < 1.29 is 28.0 Å². The number of unbranched alkanes of at least 4 members (excludes halogenated alkanes) is 3. The Morgan fingerprint density at radius 3 is 2.15 bits per heavy atom. The molecule has 0 saturated heterocycles. The number of carbonyl (C=O) groups is 1. The predicted octanol–water partition coefficient (Wildman–Crippen LogP) is 11.4. The average Bonchev–Trinajstić information content (AvgIpc) is 3.36. The summed E-state index contributed by atoms with van der Waals surface area (Å²) in [4.78, 5) is 14.5. The Kier molecular flexibility index (Phi) is 14.5. The smallest absolute Gasteiger partial charge is 0.465 e. The van der Waals surface area contributed by atoms with Crippen LogP contribution < -0.4 is 0 Å². The first-order valence-corrected chi connectivity index (χ1v) is 27.3. The zero-order chi connectivity index (χ0) is 35.1. The maximum atomic E-state index is 14.2. The van der Waals surface area contributed by atoms with Gasteiger partial charge in [0.25, 0.3) is 0 Å². The molecule has 1 N–H and O–H groups in total. The molecule has 0 aliphatic heterocycles. The van der Waals surface area contributed by atoms with Crippen LogP contribution in [-0.4, -0.2) is 63.1 Å². The van der Waals surface area contributed by atoms with Crippen molar-refractivity contribution in [3.8, 4) is 0 Å². The number of phosphoric acid groups is 1. The molecule has 1 amide bonds. The summed E-state index contributed by atoms with van der Waals surface area (Å²) in [5, 5.41) is 10.6. The number of carboxylic acid groups (broad SMARTS) is 1. The number of nitrogens with zero attached hydrogens (tertiary/aromatic N) is 1. The number of hydrogen-bond donors (Lipinski definition) is 1. The molecule has 270 valence electrons. The van der Waals surface area contributed by atoms with Crippen LogP contribution in [0.5, 0.6) is 0 Å². The molecule has 0 unspecified atom stereocenters. The summed E-state index contributed by atoms with van der Waals surface area (Å²) in [6.45, 7) is 22.2. The first kappa shape index (κ1) is 40.5. The minimum atomic E-state index is -3.91. The average molecular weight is 710 g/mol. The van der Waals surface area contributed by atoms with Gasteiger partial charge in [-0.2, -0.15) is 0 Å². The second-order valence-electron chi connectivity index (χ2n) is 17.9. The van der Waals surface area contributed by atoms with E-state index in [-0.39, 0.29) is 12.5 Å². The van der Waals surface area contributed by atoms with Crippen LogP contribution in [-0.2, 0) is 31.0 Å². The topological polar surface area (TPSA) is 85.3 Å². The maximum absolute atomic E-state index is 14.2. The molecule has 3 rings (SSSR count). The van der Waals surface area contributed by atoms with Gasteiger partial charge in [0.05, 0.1) is 25.4 Å². The molecule has 0 heterocycles. The largest absolute Gasteiger partial charge is 0.474 e. The Morgan fingerprint density at radius 2 is 1.60 bits per heavy atom. The molecule has 1 fully saturated rings. The minimum absolute atomic E-state index is 0.0190. The van der Waals surface area contributed by atoms with E-state index in [1.807, 2.05) is 20.8 Å². The van der Waals surface area contributed by atoms with Crippen LogP contribution in [0.3, 0.4) is 0 Å². The number of amides is 1. The van der Waals surface area contributed by atoms with E-state index in [2.05, 4.69) is 64.4 Å². The van der Waals surface area contributed by atoms with E-state index in [4.69, 9.17) is 13.6 Å². The number of fused-ring (bicyclic) bond motifs is 1. The molecule has 0 radical (unpaired) electrons.